The molecule has 0 aliphatic carbocycles. The van der Waals surface area contributed by atoms with Crippen LogP contribution in [-0.2, 0) is 6.54 Å². The Morgan fingerprint density at radius 2 is 1.76 bits per heavy atom. The molecule has 0 amide bonds. The molecule has 0 aromatic heterocycles. The molecule has 2 aliphatic heterocycles. The summed E-state index contributed by atoms with van der Waals surface area (Å²) < 4.78 is 56.4. The fraction of sp³-hybridized carbons (Fsp3) is 0.154. The number of benzene rings is 2. The number of halogens is 4. The Morgan fingerprint density at radius 3 is 2.48 bits per heavy atom. The summed E-state index contributed by atoms with van der Waals surface area (Å²) in [6.07, 6.45) is 7.30. The lowest BCUT2D eigenvalue weighted by molar-refractivity contribution is 0.460. The molecule has 7 heteroatoms. The average Bonchev–Trinajstić information content (AvgIpc) is 3.24. The first kappa shape index (κ1) is 22.5. The number of imidazole rings is 1. The summed E-state index contributed by atoms with van der Waals surface area (Å²) in [4.78, 5) is 8.76. The standard InChI is InChI=1S/C26H21F4N3/c1-2-3-5-20(22(29)14-27)26-31-23-12-13-33(16-24(23)32-26)15-17-8-10-18(11-9-17)19-6-4-7-21(28)25(19)30/h2-4,6-13,16H,5,14-15H2,1H3/b3-2-,22-20-. The van der Waals surface area contributed by atoms with Crippen molar-refractivity contribution in [3.8, 4) is 22.5 Å². The second kappa shape index (κ2) is 9.81. The molecule has 0 radical (unpaired) electrons. The van der Waals surface area contributed by atoms with E-state index in [1.54, 1.807) is 43.5 Å². The Kier molecular flexibility index (Phi) is 6.68. The maximum Gasteiger partial charge on any atom is 0.166 e. The van der Waals surface area contributed by atoms with Gasteiger partial charge in [-0.1, -0.05) is 48.6 Å². The van der Waals surface area contributed by atoms with Crippen molar-refractivity contribution in [3.63, 3.8) is 0 Å². The monoisotopic (exact) mass is 451 g/mol. The molecule has 2 aromatic carbocycles. The van der Waals surface area contributed by atoms with Gasteiger partial charge in [0, 0.05) is 30.1 Å². The number of pyridine rings is 1. The number of fused-ring (bicyclic) bond motifs is 1. The van der Waals surface area contributed by atoms with Gasteiger partial charge >= 0.3 is 0 Å². The SMILES string of the molecule is C/C=C\C/C(=C(/F)CF)c1nc2ccn(Cc3ccc(-c4cccc(F)c4F)cc3)cc-2n1. The van der Waals surface area contributed by atoms with Gasteiger partial charge in [-0.2, -0.15) is 0 Å². The zero-order chi connectivity index (χ0) is 23.4. The molecule has 0 saturated carbocycles. The lowest BCUT2D eigenvalue weighted by Gasteiger charge is -2.09. The summed E-state index contributed by atoms with van der Waals surface area (Å²) >= 11 is 0. The van der Waals surface area contributed by atoms with E-state index in [2.05, 4.69) is 9.97 Å². The first-order chi connectivity index (χ1) is 16.0. The minimum absolute atomic E-state index is 0.138. The molecule has 2 aliphatic rings. The molecule has 2 heterocycles. The van der Waals surface area contributed by atoms with Crippen LogP contribution in [0.5, 0.6) is 0 Å². The van der Waals surface area contributed by atoms with Crippen LogP contribution in [0, 0.1) is 11.6 Å². The van der Waals surface area contributed by atoms with E-state index in [0.29, 0.717) is 23.5 Å². The van der Waals surface area contributed by atoms with Crippen LogP contribution in [0.15, 0.2) is 78.9 Å². The minimum atomic E-state index is -1.20. The lowest BCUT2D eigenvalue weighted by Crippen LogP contribution is -2.01. The summed E-state index contributed by atoms with van der Waals surface area (Å²) in [6.45, 7) is 1.11. The van der Waals surface area contributed by atoms with E-state index < -0.39 is 24.1 Å². The van der Waals surface area contributed by atoms with Crippen LogP contribution < -0.4 is 0 Å². The van der Waals surface area contributed by atoms with Crippen molar-refractivity contribution in [1.29, 1.82) is 0 Å². The van der Waals surface area contributed by atoms with Crippen LogP contribution in [0.1, 0.15) is 24.7 Å². The molecule has 168 valence electrons. The number of rotatable bonds is 7. The van der Waals surface area contributed by atoms with Crippen LogP contribution in [0.3, 0.4) is 0 Å². The van der Waals surface area contributed by atoms with E-state index >= 15 is 0 Å². The molecule has 0 unspecified atom stereocenters. The topological polar surface area (TPSA) is 30.7 Å². The van der Waals surface area contributed by atoms with Crippen molar-refractivity contribution in [3.05, 3.63) is 102 Å². The van der Waals surface area contributed by atoms with Gasteiger partial charge in [0.25, 0.3) is 0 Å². The Balaban J connectivity index is 1.57. The highest BCUT2D eigenvalue weighted by Crippen LogP contribution is 2.28. The lowest BCUT2D eigenvalue weighted by atomic mass is 10.0. The van der Waals surface area contributed by atoms with Crippen molar-refractivity contribution in [1.82, 2.24) is 14.5 Å². The quantitative estimate of drug-likeness (QED) is 0.224. The third-order valence-corrected chi connectivity index (χ3v) is 5.28. The van der Waals surface area contributed by atoms with E-state index in [4.69, 9.17) is 0 Å². The zero-order valence-corrected chi connectivity index (χ0v) is 17.9. The van der Waals surface area contributed by atoms with Gasteiger partial charge in [0.2, 0.25) is 0 Å². The molecule has 4 rings (SSSR count). The van der Waals surface area contributed by atoms with Gasteiger partial charge in [0.1, 0.15) is 18.2 Å². The van der Waals surface area contributed by atoms with Crippen LogP contribution in [0.25, 0.3) is 28.1 Å². The maximum atomic E-state index is 14.0. The van der Waals surface area contributed by atoms with Crippen LogP contribution >= 0.6 is 0 Å². The molecule has 0 N–H and O–H groups in total. The van der Waals surface area contributed by atoms with E-state index in [1.165, 1.54) is 12.1 Å². The first-order valence-corrected chi connectivity index (χ1v) is 10.4. The van der Waals surface area contributed by atoms with Crippen LogP contribution in [-0.4, -0.2) is 21.2 Å². The van der Waals surface area contributed by atoms with Gasteiger partial charge in [-0.15, -0.1) is 0 Å². The van der Waals surface area contributed by atoms with E-state index in [0.717, 1.165) is 11.6 Å². The summed E-state index contributed by atoms with van der Waals surface area (Å²) in [5.74, 6) is -2.45. The average molecular weight is 451 g/mol. The molecule has 0 saturated heterocycles. The number of aromatic nitrogens is 3. The summed E-state index contributed by atoms with van der Waals surface area (Å²) in [5, 5.41) is 0. The zero-order valence-electron chi connectivity index (χ0n) is 17.9. The number of hydrogen-bond donors (Lipinski definition) is 0. The second-order valence-corrected chi connectivity index (χ2v) is 7.52. The van der Waals surface area contributed by atoms with Crippen LogP contribution in [0.2, 0.25) is 0 Å². The smallest absolute Gasteiger partial charge is 0.166 e. The normalized spacial score (nSPS) is 12.5. The van der Waals surface area contributed by atoms with Crippen molar-refractivity contribution >= 4 is 5.57 Å². The molecule has 0 fully saturated rings. The number of allylic oxidation sites excluding steroid dienone is 4. The van der Waals surface area contributed by atoms with Gasteiger partial charge in [-0.3, -0.25) is 0 Å². The molecule has 0 spiro atoms. The Labute approximate surface area is 189 Å². The summed E-state index contributed by atoms with van der Waals surface area (Å²) in [6, 6.07) is 13.0. The number of alkyl halides is 1. The Bertz CT molecular complexity index is 1290. The van der Waals surface area contributed by atoms with Gasteiger partial charge in [0.15, 0.2) is 17.5 Å². The van der Waals surface area contributed by atoms with Crippen molar-refractivity contribution in [2.45, 2.75) is 19.9 Å². The van der Waals surface area contributed by atoms with Gasteiger partial charge in [0.05, 0.1) is 5.69 Å². The number of hydrogen-bond acceptors (Lipinski definition) is 2. The number of nitrogens with zero attached hydrogens (tertiary/aromatic N) is 3. The van der Waals surface area contributed by atoms with Gasteiger partial charge < -0.3 is 4.57 Å². The van der Waals surface area contributed by atoms with E-state index in [1.807, 2.05) is 22.9 Å². The molecule has 0 atom stereocenters. The van der Waals surface area contributed by atoms with Crippen molar-refractivity contribution in [2.75, 3.05) is 6.67 Å². The van der Waals surface area contributed by atoms with Gasteiger partial charge in [-0.05, 0) is 36.6 Å². The van der Waals surface area contributed by atoms with Crippen molar-refractivity contribution < 1.29 is 17.6 Å². The molecular formula is C26H21F4N3. The highest BCUT2D eigenvalue weighted by molar-refractivity contribution is 5.69. The molecular weight excluding hydrogens is 430 g/mol. The molecule has 2 aromatic rings. The Hall–Kier alpha value is -3.74. The van der Waals surface area contributed by atoms with E-state index in [-0.39, 0.29) is 23.4 Å². The molecule has 3 nitrogen and oxygen atoms in total. The van der Waals surface area contributed by atoms with Gasteiger partial charge in [-0.25, -0.2) is 27.5 Å². The highest BCUT2D eigenvalue weighted by atomic mass is 19.2. The summed E-state index contributed by atoms with van der Waals surface area (Å²) in [7, 11) is 0. The summed E-state index contributed by atoms with van der Waals surface area (Å²) in [5.41, 5.74) is 3.02. The predicted molar refractivity (Wildman–Crippen MR) is 121 cm³/mol. The first-order valence-electron chi connectivity index (χ1n) is 10.4. The minimum Gasteiger partial charge on any atom is -0.348 e. The second-order valence-electron chi connectivity index (χ2n) is 7.52. The maximum absolute atomic E-state index is 14.0. The van der Waals surface area contributed by atoms with E-state index in [9.17, 15) is 17.6 Å². The predicted octanol–water partition coefficient (Wildman–Crippen LogP) is 6.99. The molecule has 33 heavy (non-hydrogen) atoms. The van der Waals surface area contributed by atoms with Crippen LogP contribution in [0.4, 0.5) is 17.6 Å². The fourth-order valence-corrected chi connectivity index (χ4v) is 3.55. The molecule has 0 bridgehead atoms. The highest BCUT2D eigenvalue weighted by Gasteiger charge is 2.17. The largest absolute Gasteiger partial charge is 0.348 e. The third kappa shape index (κ3) is 4.87. The third-order valence-electron chi connectivity index (χ3n) is 5.28. The Morgan fingerprint density at radius 1 is 1.00 bits per heavy atom. The van der Waals surface area contributed by atoms with Crippen molar-refractivity contribution in [2.24, 2.45) is 0 Å². The fourth-order valence-electron chi connectivity index (χ4n) is 3.55.